The number of aromatic hydroxyl groups is 1. The van der Waals surface area contributed by atoms with Crippen LogP contribution in [0, 0.1) is 0 Å². The topological polar surface area (TPSA) is 125 Å². The van der Waals surface area contributed by atoms with Crippen molar-refractivity contribution >= 4 is 34.5 Å². The van der Waals surface area contributed by atoms with Crippen molar-refractivity contribution in [3.63, 3.8) is 0 Å². The van der Waals surface area contributed by atoms with Crippen LogP contribution >= 0.6 is 11.3 Å². The SMILES string of the molecule is CC(=NCC(=O)c1cccc(C(=O)CCc2ccc(C(=O)NCCOCCO)cc2)c1)c1csc(-c2ccc(C(C)(C)C)cc2)c1O. The summed E-state index contributed by atoms with van der Waals surface area (Å²) in [5.41, 5.74) is 5.62. The van der Waals surface area contributed by atoms with E-state index >= 15 is 0 Å². The van der Waals surface area contributed by atoms with Crippen LogP contribution in [0.3, 0.4) is 0 Å². The number of ether oxygens (including phenoxy) is 1. The molecule has 0 atom stereocenters. The molecule has 1 aromatic heterocycles. The highest BCUT2D eigenvalue weighted by molar-refractivity contribution is 7.14. The normalized spacial score (nSPS) is 11.8. The summed E-state index contributed by atoms with van der Waals surface area (Å²) >= 11 is 1.43. The van der Waals surface area contributed by atoms with Crippen molar-refractivity contribution in [1.29, 1.82) is 0 Å². The van der Waals surface area contributed by atoms with Crippen LogP contribution in [0.25, 0.3) is 10.4 Å². The molecule has 0 radical (unpaired) electrons. The minimum atomic E-state index is -0.222. The van der Waals surface area contributed by atoms with Gasteiger partial charge in [0.2, 0.25) is 0 Å². The molecule has 3 N–H and O–H groups in total. The molecular formula is C38H42N2O6S. The zero-order valence-electron chi connectivity index (χ0n) is 27.3. The van der Waals surface area contributed by atoms with Crippen LogP contribution in [-0.2, 0) is 16.6 Å². The quantitative estimate of drug-likeness (QED) is 0.0748. The lowest BCUT2D eigenvalue weighted by Gasteiger charge is -2.19. The number of ketones is 2. The molecule has 9 heteroatoms. The molecule has 0 aliphatic carbocycles. The first-order chi connectivity index (χ1) is 22.5. The monoisotopic (exact) mass is 654 g/mol. The highest BCUT2D eigenvalue weighted by Crippen LogP contribution is 2.39. The van der Waals surface area contributed by atoms with E-state index in [0.717, 1.165) is 16.0 Å². The summed E-state index contributed by atoms with van der Waals surface area (Å²) in [6.07, 6.45) is 0.742. The summed E-state index contributed by atoms with van der Waals surface area (Å²) < 4.78 is 5.14. The molecule has 0 fully saturated rings. The molecule has 0 saturated heterocycles. The number of thiophene rings is 1. The minimum Gasteiger partial charge on any atom is -0.506 e. The van der Waals surface area contributed by atoms with E-state index in [-0.39, 0.29) is 54.8 Å². The van der Waals surface area contributed by atoms with Crippen molar-refractivity contribution in [2.75, 3.05) is 32.9 Å². The van der Waals surface area contributed by atoms with Gasteiger partial charge in [0.25, 0.3) is 5.91 Å². The van der Waals surface area contributed by atoms with Gasteiger partial charge in [0.15, 0.2) is 11.6 Å². The van der Waals surface area contributed by atoms with Gasteiger partial charge in [-0.15, -0.1) is 11.3 Å². The molecule has 3 aromatic carbocycles. The van der Waals surface area contributed by atoms with Gasteiger partial charge in [0, 0.05) is 46.3 Å². The molecule has 4 rings (SSSR count). The van der Waals surface area contributed by atoms with Crippen molar-refractivity contribution in [1.82, 2.24) is 5.32 Å². The van der Waals surface area contributed by atoms with Crippen molar-refractivity contribution in [2.45, 2.75) is 46.0 Å². The number of rotatable bonds is 15. The van der Waals surface area contributed by atoms with Crippen LogP contribution < -0.4 is 5.32 Å². The Morgan fingerprint density at radius 2 is 1.57 bits per heavy atom. The van der Waals surface area contributed by atoms with Gasteiger partial charge < -0.3 is 20.3 Å². The molecular weight excluding hydrogens is 612 g/mol. The highest BCUT2D eigenvalue weighted by Gasteiger charge is 2.18. The van der Waals surface area contributed by atoms with Crippen molar-refractivity contribution < 1.29 is 29.3 Å². The largest absolute Gasteiger partial charge is 0.506 e. The van der Waals surface area contributed by atoms with E-state index in [9.17, 15) is 19.5 Å². The predicted octanol–water partition coefficient (Wildman–Crippen LogP) is 6.66. The number of aliphatic hydroxyl groups excluding tert-OH is 1. The Bertz CT molecular complexity index is 1720. The van der Waals surface area contributed by atoms with Crippen LogP contribution in [0.2, 0.25) is 0 Å². The van der Waals surface area contributed by atoms with Gasteiger partial charge in [-0.1, -0.05) is 75.4 Å². The number of aliphatic imine (C=N–C) groups is 1. The second-order valence-corrected chi connectivity index (χ2v) is 13.2. The van der Waals surface area contributed by atoms with Crippen molar-refractivity contribution in [3.05, 3.63) is 112 Å². The fourth-order valence-electron chi connectivity index (χ4n) is 4.90. The number of aryl methyl sites for hydroxylation is 1. The Balaban J connectivity index is 1.31. The zero-order valence-corrected chi connectivity index (χ0v) is 28.2. The van der Waals surface area contributed by atoms with E-state index in [1.807, 2.05) is 29.6 Å². The molecule has 8 nitrogen and oxygen atoms in total. The maximum atomic E-state index is 13.0. The first-order valence-electron chi connectivity index (χ1n) is 15.6. The molecule has 1 amide bonds. The average Bonchev–Trinajstić information content (AvgIpc) is 3.46. The molecule has 47 heavy (non-hydrogen) atoms. The Morgan fingerprint density at radius 1 is 0.894 bits per heavy atom. The molecule has 0 aliphatic rings. The van der Waals surface area contributed by atoms with Gasteiger partial charge in [-0.3, -0.25) is 19.4 Å². The molecule has 0 unspecified atom stereocenters. The fourth-order valence-corrected chi connectivity index (χ4v) is 5.91. The lowest BCUT2D eigenvalue weighted by Crippen LogP contribution is -2.27. The summed E-state index contributed by atoms with van der Waals surface area (Å²) in [5.74, 6) is -0.381. The maximum Gasteiger partial charge on any atom is 0.251 e. The first kappa shape index (κ1) is 35.4. The number of Topliss-reactive ketones (excluding diaryl/α,β-unsaturated/α-hetero) is 2. The van der Waals surface area contributed by atoms with Gasteiger partial charge in [-0.2, -0.15) is 0 Å². The molecule has 246 valence electrons. The van der Waals surface area contributed by atoms with Crippen molar-refractivity contribution in [3.8, 4) is 16.2 Å². The molecule has 0 bridgehead atoms. The number of carbonyl (C=O) groups is 3. The van der Waals surface area contributed by atoms with E-state index in [0.29, 0.717) is 47.5 Å². The van der Waals surface area contributed by atoms with Gasteiger partial charge in [0.05, 0.1) is 24.7 Å². The van der Waals surface area contributed by atoms with Crippen LogP contribution in [0.4, 0.5) is 0 Å². The van der Waals surface area contributed by atoms with E-state index in [2.05, 4.69) is 43.2 Å². The van der Waals surface area contributed by atoms with Gasteiger partial charge >= 0.3 is 0 Å². The number of amides is 1. The number of nitrogens with zero attached hydrogens (tertiary/aromatic N) is 1. The Morgan fingerprint density at radius 3 is 2.23 bits per heavy atom. The average molecular weight is 655 g/mol. The summed E-state index contributed by atoms with van der Waals surface area (Å²) in [4.78, 5) is 43.5. The molecule has 1 heterocycles. The summed E-state index contributed by atoms with van der Waals surface area (Å²) in [6.45, 7) is 8.98. The Hall–Kier alpha value is -4.44. The van der Waals surface area contributed by atoms with Crippen LogP contribution in [0.15, 0.2) is 83.2 Å². The van der Waals surface area contributed by atoms with E-state index in [1.54, 1.807) is 43.3 Å². The van der Waals surface area contributed by atoms with E-state index < -0.39 is 0 Å². The maximum absolute atomic E-state index is 13.0. The lowest BCUT2D eigenvalue weighted by molar-refractivity contribution is 0.0837. The lowest BCUT2D eigenvalue weighted by atomic mass is 9.86. The number of carbonyl (C=O) groups excluding carboxylic acids is 3. The predicted molar refractivity (Wildman–Crippen MR) is 187 cm³/mol. The fraction of sp³-hybridized carbons (Fsp3) is 0.316. The molecule has 0 saturated carbocycles. The standard InChI is InChI=1S/C38H42N2O6S/c1-25(32-24-47-36(35(32)44)27-13-15-31(16-14-27)38(2,3)4)40-23-34(43)30-7-5-6-29(22-30)33(42)17-10-26-8-11-28(12-9-26)37(45)39-18-20-46-21-19-41/h5-9,11-16,22,24,41,44H,10,17-21,23H2,1-4H3,(H,39,45). The zero-order chi connectivity index (χ0) is 34.0. The molecule has 0 spiro atoms. The highest BCUT2D eigenvalue weighted by atomic mass is 32.1. The number of hydrogen-bond acceptors (Lipinski definition) is 8. The van der Waals surface area contributed by atoms with Gasteiger partial charge in [-0.25, -0.2) is 0 Å². The van der Waals surface area contributed by atoms with Crippen molar-refractivity contribution in [2.24, 2.45) is 4.99 Å². The van der Waals surface area contributed by atoms with Crippen LogP contribution in [0.1, 0.15) is 81.9 Å². The Labute approximate surface area is 280 Å². The summed E-state index contributed by atoms with van der Waals surface area (Å²) in [6, 6.07) is 21.9. The number of benzene rings is 3. The number of hydrogen-bond donors (Lipinski definition) is 3. The van der Waals surface area contributed by atoms with Crippen LogP contribution in [0.5, 0.6) is 5.75 Å². The summed E-state index contributed by atoms with van der Waals surface area (Å²) in [5, 5.41) is 24.3. The van der Waals surface area contributed by atoms with Crippen LogP contribution in [-0.4, -0.2) is 66.3 Å². The second-order valence-electron chi connectivity index (χ2n) is 12.3. The molecule has 0 aliphatic heterocycles. The smallest absolute Gasteiger partial charge is 0.251 e. The first-order valence-corrected chi connectivity index (χ1v) is 16.5. The Kier molecular flexibility index (Phi) is 12.4. The third kappa shape index (κ3) is 9.78. The van der Waals surface area contributed by atoms with E-state index in [1.165, 1.54) is 16.9 Å². The third-order valence-electron chi connectivity index (χ3n) is 7.76. The van der Waals surface area contributed by atoms with E-state index in [4.69, 9.17) is 9.84 Å². The third-order valence-corrected chi connectivity index (χ3v) is 8.78. The minimum absolute atomic E-state index is 0.0394. The number of nitrogens with one attached hydrogen (secondary N) is 1. The molecule has 4 aromatic rings. The second kappa shape index (κ2) is 16.4. The van der Waals surface area contributed by atoms with Gasteiger partial charge in [0.1, 0.15) is 12.3 Å². The number of aliphatic hydroxyl groups is 1. The van der Waals surface area contributed by atoms with Gasteiger partial charge in [-0.05, 0) is 53.6 Å². The summed E-state index contributed by atoms with van der Waals surface area (Å²) in [7, 11) is 0.